The maximum Gasteiger partial charge on any atom is 0.362 e. The third-order valence-corrected chi connectivity index (χ3v) is 8.40. The van der Waals surface area contributed by atoms with Crippen LogP contribution in [0.5, 0.6) is 0 Å². The number of aryl methyl sites for hydroxylation is 1. The lowest BCUT2D eigenvalue weighted by Gasteiger charge is -2.35. The second-order valence-corrected chi connectivity index (χ2v) is 10.9. The summed E-state index contributed by atoms with van der Waals surface area (Å²) >= 11 is 6.01. The number of aromatic amines is 1. The van der Waals surface area contributed by atoms with Gasteiger partial charge in [-0.3, -0.25) is 4.79 Å². The number of nitrogens with one attached hydrogen (secondary N) is 1. The van der Waals surface area contributed by atoms with Crippen LogP contribution in [0, 0.1) is 11.7 Å². The highest BCUT2D eigenvalue weighted by Gasteiger charge is 2.44. The number of hydrogen-bond donors (Lipinski definition) is 2. The van der Waals surface area contributed by atoms with E-state index < -0.39 is 53.5 Å². The largest absolute Gasteiger partial charge is 0.421 e. The molecule has 0 spiro atoms. The zero-order chi connectivity index (χ0) is 25.3. The van der Waals surface area contributed by atoms with E-state index in [1.54, 1.807) is 10.8 Å². The Morgan fingerprint density at radius 3 is 2.57 bits per heavy atom. The fraction of sp³-hybridized carbons (Fsp3) is 0.273. The third-order valence-electron chi connectivity index (χ3n) is 6.31. The summed E-state index contributed by atoms with van der Waals surface area (Å²) in [6.07, 6.45) is 1.56. The van der Waals surface area contributed by atoms with Crippen LogP contribution < -0.4 is 11.2 Å². The SMILES string of the molecule is O=c1[nH]c2c(S(=O)(=O)c3cc(F)c4ccn(CCC5CC(F)(F)C5)c4c3)ccc(Cl)c2c(=O)n1O. The second-order valence-electron chi connectivity index (χ2n) is 8.61. The van der Waals surface area contributed by atoms with Gasteiger partial charge in [0.25, 0.3) is 5.56 Å². The Morgan fingerprint density at radius 2 is 1.89 bits per heavy atom. The van der Waals surface area contributed by atoms with E-state index in [4.69, 9.17) is 11.6 Å². The quantitative estimate of drug-likeness (QED) is 0.382. The first-order valence-corrected chi connectivity index (χ1v) is 12.3. The fourth-order valence-electron chi connectivity index (χ4n) is 4.49. The number of rotatable bonds is 5. The van der Waals surface area contributed by atoms with E-state index in [1.807, 2.05) is 0 Å². The van der Waals surface area contributed by atoms with Gasteiger partial charge in [0, 0.05) is 31.0 Å². The van der Waals surface area contributed by atoms with Crippen LogP contribution in [0.15, 0.2) is 55.9 Å². The number of halogens is 4. The molecule has 184 valence electrons. The van der Waals surface area contributed by atoms with Gasteiger partial charge in [0.1, 0.15) is 5.82 Å². The predicted octanol–water partition coefficient (Wildman–Crippen LogP) is 3.94. The Labute approximate surface area is 200 Å². The van der Waals surface area contributed by atoms with Crippen LogP contribution in [0.2, 0.25) is 5.02 Å². The molecule has 35 heavy (non-hydrogen) atoms. The summed E-state index contributed by atoms with van der Waals surface area (Å²) < 4.78 is 69.5. The standard InChI is InChI=1S/C22H17ClF3N3O5S/c23-14-1-2-17(19-18(14)20(30)29(32)21(31)27-19)35(33,34)12-7-15(24)13-4-6-28(16(13)8-12)5-3-11-9-22(25,26)10-11/h1-2,4,6-8,11,32H,3,5,9-10H2,(H,27,31). The van der Waals surface area contributed by atoms with Gasteiger partial charge in [-0.1, -0.05) is 16.3 Å². The number of H-pyrrole nitrogens is 1. The van der Waals surface area contributed by atoms with Crippen molar-refractivity contribution in [2.75, 3.05) is 0 Å². The average molecular weight is 528 g/mol. The lowest BCUT2D eigenvalue weighted by molar-refractivity contribution is -0.112. The number of sulfone groups is 1. The summed E-state index contributed by atoms with van der Waals surface area (Å²) in [6, 6.07) is 5.71. The molecule has 0 radical (unpaired) electrons. The van der Waals surface area contributed by atoms with Gasteiger partial charge in [-0.05, 0) is 42.7 Å². The minimum Gasteiger partial charge on any atom is -0.421 e. The van der Waals surface area contributed by atoms with Crippen molar-refractivity contribution in [2.24, 2.45) is 5.92 Å². The maximum atomic E-state index is 14.9. The van der Waals surface area contributed by atoms with E-state index >= 15 is 0 Å². The van der Waals surface area contributed by atoms with E-state index in [2.05, 4.69) is 4.98 Å². The lowest BCUT2D eigenvalue weighted by atomic mass is 9.79. The minimum atomic E-state index is -4.49. The van der Waals surface area contributed by atoms with Crippen LogP contribution in [0.3, 0.4) is 0 Å². The molecule has 2 N–H and O–H groups in total. The molecule has 0 aliphatic heterocycles. The smallest absolute Gasteiger partial charge is 0.362 e. The highest BCUT2D eigenvalue weighted by Crippen LogP contribution is 2.44. The van der Waals surface area contributed by atoms with Crippen molar-refractivity contribution >= 4 is 43.2 Å². The van der Waals surface area contributed by atoms with Gasteiger partial charge in [-0.15, -0.1) is 0 Å². The molecule has 2 aromatic carbocycles. The summed E-state index contributed by atoms with van der Waals surface area (Å²) in [5, 5.41) is 9.11. The van der Waals surface area contributed by atoms with Gasteiger partial charge in [-0.2, -0.15) is 0 Å². The van der Waals surface area contributed by atoms with Crippen molar-refractivity contribution in [1.82, 2.24) is 14.3 Å². The van der Waals surface area contributed by atoms with Crippen molar-refractivity contribution < 1.29 is 26.8 Å². The molecule has 0 saturated heterocycles. The predicted molar refractivity (Wildman–Crippen MR) is 121 cm³/mol. The molecule has 2 aromatic heterocycles. The molecular weight excluding hydrogens is 511 g/mol. The molecule has 2 heterocycles. The van der Waals surface area contributed by atoms with Crippen molar-refractivity contribution in [3.63, 3.8) is 0 Å². The molecule has 8 nitrogen and oxygen atoms in total. The van der Waals surface area contributed by atoms with Gasteiger partial charge < -0.3 is 14.8 Å². The van der Waals surface area contributed by atoms with E-state index in [1.165, 1.54) is 12.1 Å². The Hall–Kier alpha value is -3.25. The van der Waals surface area contributed by atoms with E-state index in [0.29, 0.717) is 13.0 Å². The van der Waals surface area contributed by atoms with Crippen LogP contribution in [-0.4, -0.2) is 33.8 Å². The Kier molecular flexibility index (Phi) is 5.29. The van der Waals surface area contributed by atoms with Crippen LogP contribution in [0.4, 0.5) is 13.2 Å². The Morgan fingerprint density at radius 1 is 1.17 bits per heavy atom. The molecule has 0 unspecified atom stereocenters. The van der Waals surface area contributed by atoms with Gasteiger partial charge in [-0.25, -0.2) is 26.4 Å². The minimum absolute atomic E-state index is 0.153. The fourth-order valence-corrected chi connectivity index (χ4v) is 6.17. The maximum absolute atomic E-state index is 14.9. The number of hydrogen-bond acceptors (Lipinski definition) is 5. The van der Waals surface area contributed by atoms with Gasteiger partial charge in [0.2, 0.25) is 15.8 Å². The molecule has 0 amide bonds. The molecule has 4 aromatic rings. The lowest BCUT2D eigenvalue weighted by Crippen LogP contribution is -2.35. The average Bonchev–Trinajstić information content (AvgIpc) is 3.18. The van der Waals surface area contributed by atoms with Crippen molar-refractivity contribution in [1.29, 1.82) is 0 Å². The Balaban J connectivity index is 1.61. The molecule has 1 fully saturated rings. The molecule has 5 rings (SSSR count). The van der Waals surface area contributed by atoms with Crippen LogP contribution in [0.25, 0.3) is 21.8 Å². The molecular formula is C22H17ClF3N3O5S. The number of fused-ring (bicyclic) bond motifs is 2. The van der Waals surface area contributed by atoms with Gasteiger partial charge >= 0.3 is 5.69 Å². The van der Waals surface area contributed by atoms with Gasteiger partial charge in [0.05, 0.1) is 31.2 Å². The van der Waals surface area contributed by atoms with Crippen LogP contribution >= 0.6 is 11.6 Å². The zero-order valence-electron chi connectivity index (χ0n) is 17.8. The molecule has 13 heteroatoms. The summed E-state index contributed by atoms with van der Waals surface area (Å²) in [4.78, 5) is 25.4. The van der Waals surface area contributed by atoms with Crippen LogP contribution in [0.1, 0.15) is 19.3 Å². The summed E-state index contributed by atoms with van der Waals surface area (Å²) in [6.45, 7) is 0.292. The first-order chi connectivity index (χ1) is 16.4. The van der Waals surface area contributed by atoms with E-state index in [0.717, 1.165) is 18.2 Å². The van der Waals surface area contributed by atoms with Crippen molar-refractivity contribution in [2.45, 2.75) is 41.5 Å². The highest BCUT2D eigenvalue weighted by molar-refractivity contribution is 7.91. The van der Waals surface area contributed by atoms with Crippen molar-refractivity contribution in [3.05, 3.63) is 68.2 Å². The summed E-state index contributed by atoms with van der Waals surface area (Å²) in [5.41, 5.74) is -2.68. The molecule has 0 atom stereocenters. The third kappa shape index (κ3) is 3.80. The summed E-state index contributed by atoms with van der Waals surface area (Å²) in [5.74, 6) is -3.65. The normalized spacial score (nSPS) is 16.1. The second kappa shape index (κ2) is 7.89. The molecule has 1 aliphatic rings. The number of nitrogens with zero attached hydrogens (tertiary/aromatic N) is 2. The zero-order valence-corrected chi connectivity index (χ0v) is 19.3. The van der Waals surface area contributed by atoms with Crippen LogP contribution in [-0.2, 0) is 16.4 Å². The molecule has 1 aliphatic carbocycles. The monoisotopic (exact) mass is 527 g/mol. The molecule has 0 bridgehead atoms. The van der Waals surface area contributed by atoms with E-state index in [9.17, 15) is 36.4 Å². The number of benzene rings is 2. The van der Waals surface area contributed by atoms with Crippen molar-refractivity contribution in [3.8, 4) is 0 Å². The number of alkyl halides is 2. The molecule has 1 saturated carbocycles. The van der Waals surface area contributed by atoms with Gasteiger partial charge in [0.15, 0.2) is 0 Å². The Bertz CT molecular complexity index is 1740. The summed E-state index contributed by atoms with van der Waals surface area (Å²) in [7, 11) is -4.49. The highest BCUT2D eigenvalue weighted by atomic mass is 35.5. The number of aromatic nitrogens is 3. The topological polar surface area (TPSA) is 114 Å². The first kappa shape index (κ1) is 23.5. The van der Waals surface area contributed by atoms with E-state index in [-0.39, 0.29) is 39.4 Å². The first-order valence-electron chi connectivity index (χ1n) is 10.5.